The Balaban J connectivity index is 2.26. The average Bonchev–Trinajstić information content (AvgIpc) is 3.52. The molecule has 2 atom stereocenters. The number of carboxylic acids is 3. The quantitative estimate of drug-likeness (QED) is 0.298. The lowest BCUT2D eigenvalue weighted by Crippen LogP contribution is -2.34. The highest BCUT2D eigenvalue weighted by Crippen LogP contribution is 2.35. The molecule has 2 aromatic heterocycles. The van der Waals surface area contributed by atoms with Crippen molar-refractivity contribution in [2.75, 3.05) is 0 Å². The highest BCUT2D eigenvalue weighted by Gasteiger charge is 2.31. The molecule has 0 saturated carbocycles. The Labute approximate surface area is 274 Å². The van der Waals surface area contributed by atoms with E-state index in [4.69, 9.17) is 4.99 Å². The first kappa shape index (κ1) is 34.9. The molecule has 248 valence electrons. The van der Waals surface area contributed by atoms with Crippen LogP contribution in [-0.4, -0.2) is 53.8 Å². The molecule has 0 fully saturated rings. The Bertz CT molecular complexity index is 1990. The van der Waals surface area contributed by atoms with Gasteiger partial charge in [0.15, 0.2) is 0 Å². The van der Waals surface area contributed by atoms with E-state index < -0.39 is 30.2 Å². The highest BCUT2D eigenvalue weighted by atomic mass is 16.4. The largest absolute Gasteiger partial charge is 0.481 e. The second kappa shape index (κ2) is 13.4. The fourth-order valence-corrected chi connectivity index (χ4v) is 7.06. The average molecular weight is 641 g/mol. The van der Waals surface area contributed by atoms with E-state index in [1.807, 2.05) is 66.0 Å². The SMILES string of the molecule is C=Cc1c(C)c2n(C)c1/C=C1N=C(/C=c3/c(C)c(C(=O)O)/c(n3C)=C(\CC(=O)O)C(=N)[C@@H](CCC(=O)O)C(C)/C(C)=C/2)C(CC)=C\1C. The first-order valence-corrected chi connectivity index (χ1v) is 15.7. The van der Waals surface area contributed by atoms with Crippen LogP contribution < -0.4 is 10.7 Å². The number of hydrogen-bond acceptors (Lipinski definition) is 5. The molecular weight excluding hydrogens is 596 g/mol. The second-order valence-electron chi connectivity index (χ2n) is 12.5. The summed E-state index contributed by atoms with van der Waals surface area (Å²) in [6, 6.07) is 0. The smallest absolute Gasteiger partial charge is 0.338 e. The summed E-state index contributed by atoms with van der Waals surface area (Å²) in [5, 5.41) is 40.3. The summed E-state index contributed by atoms with van der Waals surface area (Å²) in [7, 11) is 3.64. The maximum Gasteiger partial charge on any atom is 0.338 e. The molecule has 4 rings (SSSR count). The number of fused-ring (bicyclic) bond motifs is 5. The molecule has 0 spiro atoms. The van der Waals surface area contributed by atoms with Crippen LogP contribution in [0.3, 0.4) is 0 Å². The third kappa shape index (κ3) is 6.24. The van der Waals surface area contributed by atoms with Crippen LogP contribution in [-0.2, 0) is 23.7 Å². The molecule has 0 radical (unpaired) electrons. The molecule has 0 aliphatic carbocycles. The molecule has 10 heteroatoms. The van der Waals surface area contributed by atoms with Gasteiger partial charge in [0.1, 0.15) is 0 Å². The van der Waals surface area contributed by atoms with Crippen molar-refractivity contribution in [2.45, 2.75) is 67.2 Å². The molecule has 4 heterocycles. The minimum absolute atomic E-state index is 0.0437. The molecule has 2 aliphatic rings. The van der Waals surface area contributed by atoms with Gasteiger partial charge in [0, 0.05) is 54.3 Å². The summed E-state index contributed by atoms with van der Waals surface area (Å²) in [5.74, 6) is -4.60. The number of hydrogen-bond donors (Lipinski definition) is 4. The van der Waals surface area contributed by atoms with Gasteiger partial charge in [-0.3, -0.25) is 9.59 Å². The van der Waals surface area contributed by atoms with Crippen molar-refractivity contribution < 1.29 is 29.7 Å². The number of aliphatic imine (C=N–C) groups is 1. The van der Waals surface area contributed by atoms with Gasteiger partial charge in [-0.2, -0.15) is 0 Å². The fourth-order valence-electron chi connectivity index (χ4n) is 7.06. The van der Waals surface area contributed by atoms with Gasteiger partial charge in [0.25, 0.3) is 0 Å². The van der Waals surface area contributed by atoms with E-state index in [-0.39, 0.29) is 41.0 Å². The van der Waals surface area contributed by atoms with Crippen LogP contribution in [0.5, 0.6) is 0 Å². The minimum Gasteiger partial charge on any atom is -0.481 e. The van der Waals surface area contributed by atoms with Gasteiger partial charge in [-0.1, -0.05) is 32.1 Å². The maximum absolute atomic E-state index is 12.8. The number of rotatable bonds is 8. The number of aromatic nitrogens is 2. The zero-order valence-corrected chi connectivity index (χ0v) is 28.4. The maximum atomic E-state index is 12.8. The van der Waals surface area contributed by atoms with E-state index in [9.17, 15) is 35.1 Å². The van der Waals surface area contributed by atoms with Gasteiger partial charge in [-0.15, -0.1) is 0 Å². The molecule has 1 unspecified atom stereocenters. The molecule has 10 nitrogen and oxygen atoms in total. The monoisotopic (exact) mass is 640 g/mol. The molecule has 0 saturated heterocycles. The molecule has 0 amide bonds. The first-order valence-electron chi connectivity index (χ1n) is 15.7. The number of carbonyl (C=O) groups is 3. The van der Waals surface area contributed by atoms with Gasteiger partial charge >= 0.3 is 17.9 Å². The van der Waals surface area contributed by atoms with Crippen molar-refractivity contribution in [1.82, 2.24) is 9.13 Å². The Morgan fingerprint density at radius 3 is 2.17 bits per heavy atom. The van der Waals surface area contributed by atoms with Gasteiger partial charge in [0.2, 0.25) is 0 Å². The van der Waals surface area contributed by atoms with Crippen molar-refractivity contribution in [3.8, 4) is 0 Å². The number of nitrogens with zero attached hydrogens (tertiary/aromatic N) is 3. The fraction of sp³-hybridized carbons (Fsp3) is 0.378. The summed E-state index contributed by atoms with van der Waals surface area (Å²) in [6.07, 6.45) is 7.62. The summed E-state index contributed by atoms with van der Waals surface area (Å²) in [5.41, 5.74) is 8.40. The normalized spacial score (nSPS) is 22.4. The van der Waals surface area contributed by atoms with E-state index in [0.717, 1.165) is 44.9 Å². The third-order valence-electron chi connectivity index (χ3n) is 9.85. The summed E-state index contributed by atoms with van der Waals surface area (Å²) >= 11 is 0. The number of aliphatic carboxylic acids is 2. The van der Waals surface area contributed by atoms with Gasteiger partial charge < -0.3 is 29.9 Å². The van der Waals surface area contributed by atoms with Crippen molar-refractivity contribution in [1.29, 1.82) is 5.41 Å². The molecule has 6 bridgehead atoms. The van der Waals surface area contributed by atoms with Crippen LogP contribution in [0.2, 0.25) is 0 Å². The third-order valence-corrected chi connectivity index (χ3v) is 9.85. The zero-order valence-electron chi connectivity index (χ0n) is 28.4. The zero-order chi connectivity index (χ0) is 35.1. The number of aromatic carboxylic acids is 1. The standard InChI is InChI=1S/C37H44N4O6/c1-10-23-20(5)27-16-31-24(11-2)21(6)29(40(31)8)14-18(3)19(4)25(12-13-32(42)43)35(38)26(15-33(44)45)36-34(37(46)47)22(7)30(41(36)9)17-28(23)39-27/h11,14,16-17,19,25,38H,2,10,12-13,15H2,1,3-9H3,(H,42,43)(H,44,45)(H,46,47)/b18-14+,27-16-,30-17-,36-26-,38-35?/t19?,25-/m0/s1. The van der Waals surface area contributed by atoms with Crippen molar-refractivity contribution in [3.63, 3.8) is 0 Å². The van der Waals surface area contributed by atoms with Gasteiger partial charge in [-0.05, 0) is 87.0 Å². The molecule has 2 aliphatic heterocycles. The van der Waals surface area contributed by atoms with Gasteiger partial charge in [-0.25, -0.2) is 9.79 Å². The summed E-state index contributed by atoms with van der Waals surface area (Å²) < 4.78 is 3.72. The Kier molecular flexibility index (Phi) is 9.94. The number of allylic oxidation sites excluding steroid dienone is 3. The molecule has 4 N–H and O–H groups in total. The molecular formula is C37H44N4O6. The van der Waals surface area contributed by atoms with Gasteiger partial charge in [0.05, 0.1) is 34.4 Å². The minimum atomic E-state index is -1.24. The summed E-state index contributed by atoms with van der Waals surface area (Å²) in [4.78, 5) is 42.0. The molecule has 47 heavy (non-hydrogen) atoms. The Morgan fingerprint density at radius 1 is 0.957 bits per heavy atom. The molecule has 0 aromatic carbocycles. The Hall–Kier alpha value is -4.99. The number of nitrogens with one attached hydrogen (secondary N) is 1. The molecule has 2 aromatic rings. The van der Waals surface area contributed by atoms with Crippen molar-refractivity contribution >= 4 is 59.2 Å². The van der Waals surface area contributed by atoms with E-state index in [2.05, 4.69) is 11.1 Å². The predicted octanol–water partition coefficient (Wildman–Crippen LogP) is 5.50. The van der Waals surface area contributed by atoms with E-state index >= 15 is 0 Å². The van der Waals surface area contributed by atoms with Crippen LogP contribution in [0, 0.1) is 31.1 Å². The van der Waals surface area contributed by atoms with Crippen LogP contribution in [0.4, 0.5) is 0 Å². The highest BCUT2D eigenvalue weighted by molar-refractivity contribution is 6.24. The predicted molar refractivity (Wildman–Crippen MR) is 186 cm³/mol. The summed E-state index contributed by atoms with van der Waals surface area (Å²) in [6.45, 7) is 15.7. The number of carboxylic acid groups (broad SMARTS) is 3. The van der Waals surface area contributed by atoms with Crippen LogP contribution >= 0.6 is 0 Å². The second-order valence-corrected chi connectivity index (χ2v) is 12.5. The topological polar surface area (TPSA) is 158 Å². The van der Waals surface area contributed by atoms with E-state index in [1.54, 1.807) is 18.5 Å². The lowest BCUT2D eigenvalue weighted by Gasteiger charge is -2.27. The van der Waals surface area contributed by atoms with Crippen LogP contribution in [0.25, 0.3) is 29.9 Å². The van der Waals surface area contributed by atoms with Crippen molar-refractivity contribution in [3.05, 3.63) is 73.3 Å². The van der Waals surface area contributed by atoms with E-state index in [0.29, 0.717) is 23.0 Å². The lowest BCUT2D eigenvalue weighted by molar-refractivity contribution is -0.137. The lowest BCUT2D eigenvalue weighted by atomic mass is 9.78. The van der Waals surface area contributed by atoms with Crippen LogP contribution in [0.15, 0.2) is 34.0 Å². The van der Waals surface area contributed by atoms with Crippen molar-refractivity contribution in [2.24, 2.45) is 30.9 Å². The van der Waals surface area contributed by atoms with E-state index in [1.165, 1.54) is 0 Å². The Morgan fingerprint density at radius 2 is 1.62 bits per heavy atom. The first-order chi connectivity index (χ1) is 22.0. The van der Waals surface area contributed by atoms with Crippen LogP contribution in [0.1, 0.15) is 91.8 Å².